The smallest absolute Gasteiger partial charge is 0.166 e. The molecular weight excluding hydrogens is 350 g/mol. The van der Waals surface area contributed by atoms with Gasteiger partial charge in [-0.25, -0.2) is 0 Å². The van der Waals surface area contributed by atoms with Crippen molar-refractivity contribution in [3.8, 4) is 11.5 Å². The predicted octanol–water partition coefficient (Wildman–Crippen LogP) is 3.63. The third-order valence-corrected chi connectivity index (χ3v) is 6.97. The summed E-state index contributed by atoms with van der Waals surface area (Å²) in [6, 6.07) is 15.2. The Bertz CT molecular complexity index is 925. The molecule has 5 unspecified atom stereocenters. The molecule has 0 bridgehead atoms. The van der Waals surface area contributed by atoms with E-state index in [1.165, 1.54) is 16.7 Å². The zero-order valence-corrected chi connectivity index (χ0v) is 16.6. The molecule has 0 saturated heterocycles. The van der Waals surface area contributed by atoms with Crippen molar-refractivity contribution in [3.05, 3.63) is 71.3 Å². The Balaban J connectivity index is 1.84. The van der Waals surface area contributed by atoms with Crippen molar-refractivity contribution < 1.29 is 14.6 Å². The van der Waals surface area contributed by atoms with Crippen molar-refractivity contribution in [2.45, 2.75) is 49.5 Å². The summed E-state index contributed by atoms with van der Waals surface area (Å²) in [5.41, 5.74) is 3.52. The van der Waals surface area contributed by atoms with E-state index >= 15 is 0 Å². The fraction of sp³-hybridized carbons (Fsp3) is 0.417. The number of nitrogens with zero attached hydrogens (tertiary/aromatic N) is 1. The van der Waals surface area contributed by atoms with Gasteiger partial charge in [0, 0.05) is 30.5 Å². The Morgan fingerprint density at radius 1 is 1.18 bits per heavy atom. The molecule has 4 heteroatoms. The summed E-state index contributed by atoms with van der Waals surface area (Å²) in [5, 5.41) is 10.4. The minimum Gasteiger partial charge on any atom is -0.493 e. The molecule has 0 amide bonds. The number of rotatable bonds is 2. The standard InChI is InChI=1S/C24H27NO3/c1-15-21(16-7-5-4-6-8-16)24-12-11-18(26)13-20(24)28-23-19(27-3)10-9-17(22(23)24)14-25(15)2/h4-12,15,18,20-21,26H,13-14H2,1-3H3. The molecular formula is C24H27NO3. The number of ether oxygens (including phenoxy) is 2. The highest BCUT2D eigenvalue weighted by Crippen LogP contribution is 2.61. The summed E-state index contributed by atoms with van der Waals surface area (Å²) < 4.78 is 12.2. The van der Waals surface area contributed by atoms with Crippen LogP contribution in [0, 0.1) is 0 Å². The van der Waals surface area contributed by atoms with Crippen LogP contribution in [-0.4, -0.2) is 42.4 Å². The maximum absolute atomic E-state index is 10.4. The zero-order chi connectivity index (χ0) is 19.5. The average molecular weight is 377 g/mol. The SMILES string of the molecule is COc1ccc2c3c1OC1CC(O)C=CC31C(c1ccccc1)C(C)N(C)C2. The summed E-state index contributed by atoms with van der Waals surface area (Å²) >= 11 is 0. The lowest BCUT2D eigenvalue weighted by molar-refractivity contribution is 0.0633. The lowest BCUT2D eigenvalue weighted by atomic mass is 9.60. The number of benzene rings is 2. The van der Waals surface area contributed by atoms with E-state index in [0.29, 0.717) is 12.5 Å². The molecule has 3 aliphatic rings. The third kappa shape index (κ3) is 2.31. The molecule has 2 aromatic rings. The fourth-order valence-corrected chi connectivity index (χ4v) is 5.63. The van der Waals surface area contributed by atoms with Crippen LogP contribution in [0.25, 0.3) is 0 Å². The first-order valence-electron chi connectivity index (χ1n) is 10.1. The van der Waals surface area contributed by atoms with Crippen molar-refractivity contribution in [2.24, 2.45) is 0 Å². The van der Waals surface area contributed by atoms with Gasteiger partial charge in [0.05, 0.1) is 18.6 Å². The molecule has 0 saturated carbocycles. The van der Waals surface area contributed by atoms with Crippen LogP contribution < -0.4 is 9.47 Å². The molecule has 28 heavy (non-hydrogen) atoms. The Kier molecular flexibility index (Phi) is 4.04. The molecule has 5 rings (SSSR count). The molecule has 0 fully saturated rings. The maximum atomic E-state index is 10.4. The third-order valence-electron chi connectivity index (χ3n) is 6.97. The number of aliphatic hydroxyl groups excluding tert-OH is 1. The number of likely N-dealkylation sites (N-methyl/N-ethyl adjacent to an activating group) is 1. The van der Waals surface area contributed by atoms with Crippen LogP contribution in [0.3, 0.4) is 0 Å². The lowest BCUT2D eigenvalue weighted by Crippen LogP contribution is -2.50. The van der Waals surface area contributed by atoms with Gasteiger partial charge in [0.1, 0.15) is 6.10 Å². The maximum Gasteiger partial charge on any atom is 0.166 e. The Morgan fingerprint density at radius 3 is 2.71 bits per heavy atom. The second kappa shape index (κ2) is 6.36. The van der Waals surface area contributed by atoms with E-state index in [1.807, 2.05) is 12.1 Å². The highest BCUT2D eigenvalue weighted by Gasteiger charge is 2.59. The second-order valence-electron chi connectivity index (χ2n) is 8.38. The van der Waals surface area contributed by atoms with Crippen molar-refractivity contribution in [1.82, 2.24) is 4.90 Å². The molecule has 146 valence electrons. The average Bonchev–Trinajstić information content (AvgIpc) is 3.00. The van der Waals surface area contributed by atoms with Crippen LogP contribution in [0.1, 0.15) is 36.0 Å². The molecule has 0 radical (unpaired) electrons. The van der Waals surface area contributed by atoms with Gasteiger partial charge in [0.25, 0.3) is 0 Å². The Labute approximate surface area is 166 Å². The van der Waals surface area contributed by atoms with Gasteiger partial charge in [0.2, 0.25) is 0 Å². The summed E-state index contributed by atoms with van der Waals surface area (Å²) in [4.78, 5) is 2.43. The highest BCUT2D eigenvalue weighted by molar-refractivity contribution is 5.63. The topological polar surface area (TPSA) is 41.9 Å². The zero-order valence-electron chi connectivity index (χ0n) is 16.6. The van der Waals surface area contributed by atoms with Crippen LogP contribution >= 0.6 is 0 Å². The van der Waals surface area contributed by atoms with Gasteiger partial charge in [-0.2, -0.15) is 0 Å². The Hall–Kier alpha value is -2.30. The van der Waals surface area contributed by atoms with Crippen molar-refractivity contribution in [2.75, 3.05) is 14.2 Å². The monoisotopic (exact) mass is 377 g/mol. The van der Waals surface area contributed by atoms with Gasteiger partial charge in [-0.3, -0.25) is 4.90 Å². The van der Waals surface area contributed by atoms with Gasteiger partial charge >= 0.3 is 0 Å². The Morgan fingerprint density at radius 2 is 1.96 bits per heavy atom. The van der Waals surface area contributed by atoms with E-state index in [4.69, 9.17) is 9.47 Å². The first kappa shape index (κ1) is 17.8. The van der Waals surface area contributed by atoms with Gasteiger partial charge in [0.15, 0.2) is 11.5 Å². The first-order chi connectivity index (χ1) is 13.6. The molecule has 1 N–H and O–H groups in total. The quantitative estimate of drug-likeness (QED) is 0.812. The number of aliphatic hydroxyl groups is 1. The minimum atomic E-state index is -0.480. The summed E-state index contributed by atoms with van der Waals surface area (Å²) in [7, 11) is 3.90. The van der Waals surface area contributed by atoms with Crippen LogP contribution in [0.15, 0.2) is 54.6 Å². The lowest BCUT2D eigenvalue weighted by Gasteiger charge is -2.45. The van der Waals surface area contributed by atoms with E-state index in [1.54, 1.807) is 7.11 Å². The molecule has 1 aliphatic carbocycles. The molecule has 2 aliphatic heterocycles. The molecule has 4 nitrogen and oxygen atoms in total. The van der Waals surface area contributed by atoms with E-state index in [2.05, 4.69) is 61.3 Å². The largest absolute Gasteiger partial charge is 0.493 e. The summed E-state index contributed by atoms with van der Waals surface area (Å²) in [6.07, 6.45) is 4.19. The predicted molar refractivity (Wildman–Crippen MR) is 109 cm³/mol. The molecule has 5 atom stereocenters. The van der Waals surface area contributed by atoms with Crippen molar-refractivity contribution >= 4 is 0 Å². The number of methoxy groups -OCH3 is 1. The van der Waals surface area contributed by atoms with Crippen LogP contribution in [0.2, 0.25) is 0 Å². The van der Waals surface area contributed by atoms with E-state index in [-0.39, 0.29) is 17.4 Å². The van der Waals surface area contributed by atoms with E-state index < -0.39 is 6.10 Å². The highest BCUT2D eigenvalue weighted by atomic mass is 16.5. The molecule has 2 heterocycles. The summed E-state index contributed by atoms with van der Waals surface area (Å²) in [6.45, 7) is 3.18. The molecule has 1 spiro atoms. The van der Waals surface area contributed by atoms with E-state index in [0.717, 1.165) is 18.0 Å². The van der Waals surface area contributed by atoms with Crippen molar-refractivity contribution in [1.29, 1.82) is 0 Å². The van der Waals surface area contributed by atoms with Gasteiger partial charge in [-0.05, 0) is 31.2 Å². The fourth-order valence-electron chi connectivity index (χ4n) is 5.63. The van der Waals surface area contributed by atoms with E-state index in [9.17, 15) is 5.11 Å². The van der Waals surface area contributed by atoms with Crippen LogP contribution in [0.5, 0.6) is 11.5 Å². The molecule has 2 aromatic carbocycles. The normalized spacial score (nSPS) is 33.6. The van der Waals surface area contributed by atoms with Crippen LogP contribution in [0.4, 0.5) is 0 Å². The number of hydrogen-bond donors (Lipinski definition) is 1. The first-order valence-corrected chi connectivity index (χ1v) is 10.1. The molecule has 0 aromatic heterocycles. The van der Waals surface area contributed by atoms with Gasteiger partial charge in [-0.15, -0.1) is 0 Å². The minimum absolute atomic E-state index is 0.114. The summed E-state index contributed by atoms with van der Waals surface area (Å²) in [5.74, 6) is 1.84. The second-order valence-corrected chi connectivity index (χ2v) is 8.38. The van der Waals surface area contributed by atoms with Crippen molar-refractivity contribution in [3.63, 3.8) is 0 Å². The number of hydrogen-bond acceptors (Lipinski definition) is 4. The van der Waals surface area contributed by atoms with Gasteiger partial charge in [-0.1, -0.05) is 48.6 Å². The van der Waals surface area contributed by atoms with Gasteiger partial charge < -0.3 is 14.6 Å². The van der Waals surface area contributed by atoms with Crippen LogP contribution in [-0.2, 0) is 12.0 Å².